The normalized spacial score (nSPS) is 10.8. The van der Waals surface area contributed by atoms with Gasteiger partial charge in [0.1, 0.15) is 0 Å². The van der Waals surface area contributed by atoms with E-state index in [1.165, 1.54) is 16.8 Å². The Kier molecular flexibility index (Phi) is 5.56. The van der Waals surface area contributed by atoms with Gasteiger partial charge in [0.15, 0.2) is 0 Å². The van der Waals surface area contributed by atoms with Crippen molar-refractivity contribution < 1.29 is 0 Å². The number of para-hydroxylation sites is 1. The number of nitrogens with zero attached hydrogens (tertiary/aromatic N) is 2. The predicted octanol–water partition coefficient (Wildman–Crippen LogP) is 3.54. The Morgan fingerprint density at radius 2 is 1.70 bits per heavy atom. The fourth-order valence-corrected chi connectivity index (χ4v) is 2.22. The van der Waals surface area contributed by atoms with Crippen molar-refractivity contribution in [2.24, 2.45) is 0 Å². The van der Waals surface area contributed by atoms with E-state index < -0.39 is 0 Å². The van der Waals surface area contributed by atoms with Crippen LogP contribution in [0.2, 0.25) is 0 Å². The second-order valence-corrected chi connectivity index (χ2v) is 4.83. The number of nitrogens with one attached hydrogen (secondary N) is 1. The molecule has 2 rings (SSSR count). The van der Waals surface area contributed by atoms with Crippen molar-refractivity contribution in [3.05, 3.63) is 59.9 Å². The molecule has 2 aromatic rings. The first kappa shape index (κ1) is 14.5. The number of anilines is 1. The van der Waals surface area contributed by atoms with Crippen LogP contribution in [0, 0.1) is 0 Å². The van der Waals surface area contributed by atoms with E-state index in [0.29, 0.717) is 0 Å². The Morgan fingerprint density at radius 1 is 1.00 bits per heavy atom. The van der Waals surface area contributed by atoms with E-state index in [9.17, 15) is 0 Å². The van der Waals surface area contributed by atoms with Crippen LogP contribution in [-0.4, -0.2) is 23.0 Å². The number of aromatic nitrogens is 1. The van der Waals surface area contributed by atoms with Crippen LogP contribution in [0.25, 0.3) is 0 Å². The lowest BCUT2D eigenvalue weighted by molar-refractivity contribution is 0.296. The van der Waals surface area contributed by atoms with Gasteiger partial charge in [0.25, 0.3) is 0 Å². The first-order valence-electron chi connectivity index (χ1n) is 7.26. The molecule has 0 radical (unpaired) electrons. The molecule has 1 N–H and O–H groups in total. The smallest absolute Gasteiger partial charge is 0.0402 e. The summed E-state index contributed by atoms with van der Waals surface area (Å²) in [6.45, 7) is 8.39. The van der Waals surface area contributed by atoms with Crippen molar-refractivity contribution in [3.63, 3.8) is 0 Å². The molecule has 3 nitrogen and oxygen atoms in total. The van der Waals surface area contributed by atoms with E-state index >= 15 is 0 Å². The van der Waals surface area contributed by atoms with Gasteiger partial charge in [-0.25, -0.2) is 0 Å². The molecular formula is C17H23N3. The summed E-state index contributed by atoms with van der Waals surface area (Å²) in [5.41, 5.74) is 3.82. The average Bonchev–Trinajstić information content (AvgIpc) is 2.52. The number of hydrogen-bond donors (Lipinski definition) is 1. The molecule has 106 valence electrons. The third-order valence-corrected chi connectivity index (χ3v) is 3.54. The Balaban J connectivity index is 2.04. The molecule has 20 heavy (non-hydrogen) atoms. The van der Waals surface area contributed by atoms with Gasteiger partial charge in [-0.2, -0.15) is 0 Å². The molecule has 0 aliphatic carbocycles. The summed E-state index contributed by atoms with van der Waals surface area (Å²) in [7, 11) is 0. The van der Waals surface area contributed by atoms with Crippen LogP contribution in [0.5, 0.6) is 0 Å². The van der Waals surface area contributed by atoms with Crippen LogP contribution in [0.15, 0.2) is 48.8 Å². The monoisotopic (exact) mass is 269 g/mol. The van der Waals surface area contributed by atoms with Gasteiger partial charge < -0.3 is 5.32 Å². The maximum atomic E-state index is 4.05. The third kappa shape index (κ3) is 4.07. The molecule has 3 heteroatoms. The largest absolute Gasteiger partial charge is 0.381 e. The molecular weight excluding hydrogens is 246 g/mol. The van der Waals surface area contributed by atoms with Crippen molar-refractivity contribution in [3.8, 4) is 0 Å². The highest BCUT2D eigenvalue weighted by atomic mass is 15.1. The maximum Gasteiger partial charge on any atom is 0.0402 e. The molecule has 0 amide bonds. The molecule has 1 heterocycles. The minimum absolute atomic E-state index is 0.831. The van der Waals surface area contributed by atoms with Gasteiger partial charge in [-0.3, -0.25) is 9.88 Å². The summed E-state index contributed by atoms with van der Waals surface area (Å²) >= 11 is 0. The summed E-state index contributed by atoms with van der Waals surface area (Å²) in [5, 5.41) is 3.53. The minimum atomic E-state index is 0.831. The van der Waals surface area contributed by atoms with Crippen molar-refractivity contribution in [2.75, 3.05) is 18.4 Å². The Bertz CT molecular complexity index is 507. The van der Waals surface area contributed by atoms with Gasteiger partial charge >= 0.3 is 0 Å². The lowest BCUT2D eigenvalue weighted by Gasteiger charge is -2.20. The van der Waals surface area contributed by atoms with Gasteiger partial charge in [0.2, 0.25) is 0 Å². The molecule has 0 fully saturated rings. The van der Waals surface area contributed by atoms with Crippen LogP contribution in [0.3, 0.4) is 0 Å². The van der Waals surface area contributed by atoms with Crippen molar-refractivity contribution in [1.29, 1.82) is 0 Å². The Labute approximate surface area is 121 Å². The van der Waals surface area contributed by atoms with Gasteiger partial charge in [0, 0.05) is 31.2 Å². The van der Waals surface area contributed by atoms with Gasteiger partial charge in [-0.05, 0) is 42.4 Å². The van der Waals surface area contributed by atoms with Crippen molar-refractivity contribution >= 4 is 5.69 Å². The summed E-state index contributed by atoms with van der Waals surface area (Å²) in [4.78, 5) is 6.47. The van der Waals surface area contributed by atoms with Crippen molar-refractivity contribution in [1.82, 2.24) is 9.88 Å². The van der Waals surface area contributed by atoms with Crippen LogP contribution in [-0.2, 0) is 13.1 Å². The second-order valence-electron chi connectivity index (χ2n) is 4.83. The molecule has 0 spiro atoms. The quantitative estimate of drug-likeness (QED) is 0.833. The third-order valence-electron chi connectivity index (χ3n) is 3.54. The highest BCUT2D eigenvalue weighted by Gasteiger charge is 2.05. The van der Waals surface area contributed by atoms with Crippen LogP contribution in [0.4, 0.5) is 5.69 Å². The van der Waals surface area contributed by atoms with Crippen LogP contribution in [0.1, 0.15) is 25.0 Å². The molecule has 0 saturated carbocycles. The standard InChI is InChI=1S/C17H23N3/c1-3-20(4-2)14-16-7-5-6-8-17(16)19-13-15-9-11-18-12-10-15/h5-12,19H,3-4,13-14H2,1-2H3. The number of pyridine rings is 1. The first-order valence-corrected chi connectivity index (χ1v) is 7.26. The fraction of sp³-hybridized carbons (Fsp3) is 0.353. The molecule has 0 atom stereocenters. The van der Waals surface area contributed by atoms with Crippen molar-refractivity contribution in [2.45, 2.75) is 26.9 Å². The van der Waals surface area contributed by atoms with Crippen LogP contribution >= 0.6 is 0 Å². The Morgan fingerprint density at radius 3 is 2.40 bits per heavy atom. The SMILES string of the molecule is CCN(CC)Cc1ccccc1NCc1ccncc1. The highest BCUT2D eigenvalue weighted by molar-refractivity contribution is 5.51. The van der Waals surface area contributed by atoms with Gasteiger partial charge in [-0.1, -0.05) is 32.0 Å². The number of benzene rings is 1. The molecule has 0 aliphatic rings. The predicted molar refractivity (Wildman–Crippen MR) is 84.6 cm³/mol. The van der Waals surface area contributed by atoms with E-state index in [4.69, 9.17) is 0 Å². The van der Waals surface area contributed by atoms with Crippen LogP contribution < -0.4 is 5.32 Å². The average molecular weight is 269 g/mol. The zero-order valence-electron chi connectivity index (χ0n) is 12.3. The summed E-state index contributed by atoms with van der Waals surface area (Å²) in [5.74, 6) is 0. The van der Waals surface area contributed by atoms with E-state index in [-0.39, 0.29) is 0 Å². The van der Waals surface area contributed by atoms with E-state index in [0.717, 1.165) is 26.2 Å². The minimum Gasteiger partial charge on any atom is -0.381 e. The Hall–Kier alpha value is -1.87. The topological polar surface area (TPSA) is 28.2 Å². The summed E-state index contributed by atoms with van der Waals surface area (Å²) in [6.07, 6.45) is 3.66. The lowest BCUT2D eigenvalue weighted by atomic mass is 10.1. The lowest BCUT2D eigenvalue weighted by Crippen LogP contribution is -2.22. The zero-order valence-corrected chi connectivity index (χ0v) is 12.3. The molecule has 0 bridgehead atoms. The highest BCUT2D eigenvalue weighted by Crippen LogP contribution is 2.18. The second kappa shape index (κ2) is 7.65. The van der Waals surface area contributed by atoms with Gasteiger partial charge in [0.05, 0.1) is 0 Å². The summed E-state index contributed by atoms with van der Waals surface area (Å²) in [6, 6.07) is 12.6. The fourth-order valence-electron chi connectivity index (χ4n) is 2.22. The summed E-state index contributed by atoms with van der Waals surface area (Å²) < 4.78 is 0. The molecule has 0 aliphatic heterocycles. The van der Waals surface area contributed by atoms with E-state index in [2.05, 4.69) is 53.3 Å². The maximum absolute atomic E-state index is 4.05. The number of hydrogen-bond acceptors (Lipinski definition) is 3. The molecule has 0 unspecified atom stereocenters. The molecule has 1 aromatic carbocycles. The van der Waals surface area contributed by atoms with Gasteiger partial charge in [-0.15, -0.1) is 0 Å². The number of rotatable bonds is 7. The zero-order chi connectivity index (χ0) is 14.2. The van der Waals surface area contributed by atoms with E-state index in [1.54, 1.807) is 0 Å². The van der Waals surface area contributed by atoms with E-state index in [1.807, 2.05) is 24.5 Å². The molecule has 1 aromatic heterocycles. The first-order chi connectivity index (χ1) is 9.83. The molecule has 0 saturated heterocycles.